The van der Waals surface area contributed by atoms with Gasteiger partial charge in [0, 0.05) is 39.3 Å². The fraction of sp³-hybridized carbons (Fsp3) is 0.474. The molecule has 0 radical (unpaired) electrons. The fourth-order valence-corrected chi connectivity index (χ4v) is 3.12. The predicted molar refractivity (Wildman–Crippen MR) is 104 cm³/mol. The number of aromatic nitrogens is 3. The van der Waals surface area contributed by atoms with Crippen molar-refractivity contribution in [2.24, 2.45) is 0 Å². The second-order valence-electron chi connectivity index (χ2n) is 6.82. The van der Waals surface area contributed by atoms with Crippen molar-refractivity contribution in [3.05, 3.63) is 36.2 Å². The van der Waals surface area contributed by atoms with Gasteiger partial charge in [-0.25, -0.2) is 4.98 Å². The second kappa shape index (κ2) is 8.66. The minimum Gasteiger partial charge on any atom is -0.480 e. The Morgan fingerprint density at radius 1 is 1.19 bits per heavy atom. The van der Waals surface area contributed by atoms with Crippen molar-refractivity contribution in [3.63, 3.8) is 0 Å². The van der Waals surface area contributed by atoms with E-state index in [9.17, 15) is 4.79 Å². The summed E-state index contributed by atoms with van der Waals surface area (Å²) >= 11 is 0. The molecule has 8 heteroatoms. The lowest BCUT2D eigenvalue weighted by Crippen LogP contribution is -2.33. The van der Waals surface area contributed by atoms with E-state index in [4.69, 9.17) is 4.74 Å². The van der Waals surface area contributed by atoms with E-state index in [0.29, 0.717) is 24.2 Å². The van der Waals surface area contributed by atoms with Crippen molar-refractivity contribution >= 4 is 17.4 Å². The summed E-state index contributed by atoms with van der Waals surface area (Å²) in [5.41, 5.74) is 1.36. The molecule has 144 valence electrons. The lowest BCUT2D eigenvalue weighted by atomic mass is 10.1. The van der Waals surface area contributed by atoms with Gasteiger partial charge in [-0.2, -0.15) is 0 Å². The molecule has 1 aliphatic rings. The van der Waals surface area contributed by atoms with Gasteiger partial charge in [0.25, 0.3) is 5.91 Å². The third kappa shape index (κ3) is 4.84. The largest absolute Gasteiger partial charge is 0.480 e. The van der Waals surface area contributed by atoms with Crippen LogP contribution in [0.4, 0.5) is 11.5 Å². The van der Waals surface area contributed by atoms with E-state index in [1.807, 2.05) is 42.2 Å². The maximum Gasteiger partial charge on any atom is 0.274 e. The predicted octanol–water partition coefficient (Wildman–Crippen LogP) is 2.05. The van der Waals surface area contributed by atoms with E-state index in [2.05, 4.69) is 20.5 Å². The van der Waals surface area contributed by atoms with E-state index < -0.39 is 0 Å². The molecular weight excluding hydrogens is 344 g/mol. The summed E-state index contributed by atoms with van der Waals surface area (Å²) in [5.74, 6) is 1.25. The Kier molecular flexibility index (Phi) is 6.05. The second-order valence-corrected chi connectivity index (χ2v) is 6.82. The van der Waals surface area contributed by atoms with Crippen LogP contribution < -0.4 is 15.0 Å². The molecule has 1 fully saturated rings. The Bertz CT molecular complexity index is 748. The number of rotatable bonds is 5. The standard InChI is InChI=1S/C19H26N6O2/c1-24(2)17-8-6-15(13-20-17)21-14-5-4-11-25(12-10-14)19(26)16-7-9-18(27-3)23-22-16/h6-9,13-14,21H,4-5,10-12H2,1-3H3. The summed E-state index contributed by atoms with van der Waals surface area (Å²) in [5, 5.41) is 11.4. The van der Waals surface area contributed by atoms with Crippen LogP contribution in [0.1, 0.15) is 29.8 Å². The van der Waals surface area contributed by atoms with Gasteiger partial charge in [-0.3, -0.25) is 4.79 Å². The molecule has 1 N–H and O–H groups in total. The molecule has 0 bridgehead atoms. The number of methoxy groups -OCH3 is 1. The monoisotopic (exact) mass is 370 g/mol. The molecule has 8 nitrogen and oxygen atoms in total. The van der Waals surface area contributed by atoms with Gasteiger partial charge >= 0.3 is 0 Å². The minimum absolute atomic E-state index is 0.0807. The summed E-state index contributed by atoms with van der Waals surface area (Å²) in [7, 11) is 5.47. The van der Waals surface area contributed by atoms with Crippen molar-refractivity contribution in [1.29, 1.82) is 0 Å². The molecule has 0 spiro atoms. The summed E-state index contributed by atoms with van der Waals surface area (Å²) in [6, 6.07) is 7.68. The molecule has 27 heavy (non-hydrogen) atoms. The highest BCUT2D eigenvalue weighted by Gasteiger charge is 2.22. The zero-order valence-corrected chi connectivity index (χ0v) is 16.1. The van der Waals surface area contributed by atoms with Gasteiger partial charge in [0.2, 0.25) is 5.88 Å². The normalized spacial score (nSPS) is 17.1. The molecule has 3 heterocycles. The highest BCUT2D eigenvalue weighted by molar-refractivity contribution is 5.92. The van der Waals surface area contributed by atoms with Crippen LogP contribution in [0.15, 0.2) is 30.5 Å². The first-order valence-electron chi connectivity index (χ1n) is 9.13. The SMILES string of the molecule is COc1ccc(C(=O)N2CCCC(Nc3ccc(N(C)C)nc3)CC2)nn1. The molecule has 3 rings (SSSR count). The van der Waals surface area contributed by atoms with Crippen LogP contribution in [0, 0.1) is 0 Å². The number of anilines is 2. The molecular formula is C19H26N6O2. The molecule has 1 saturated heterocycles. The zero-order valence-electron chi connectivity index (χ0n) is 16.1. The summed E-state index contributed by atoms with van der Waals surface area (Å²) < 4.78 is 4.99. The maximum atomic E-state index is 12.7. The van der Waals surface area contributed by atoms with Crippen LogP contribution in [-0.4, -0.2) is 66.3 Å². The van der Waals surface area contributed by atoms with E-state index in [-0.39, 0.29) is 5.91 Å². The minimum atomic E-state index is -0.0807. The molecule has 1 unspecified atom stereocenters. The van der Waals surface area contributed by atoms with Crippen LogP contribution in [0.25, 0.3) is 0 Å². The smallest absolute Gasteiger partial charge is 0.274 e. The number of nitrogens with zero attached hydrogens (tertiary/aromatic N) is 5. The van der Waals surface area contributed by atoms with Crippen LogP contribution in [0.5, 0.6) is 5.88 Å². The first-order valence-corrected chi connectivity index (χ1v) is 9.13. The average Bonchev–Trinajstić information content (AvgIpc) is 2.93. The summed E-state index contributed by atoms with van der Waals surface area (Å²) in [6.07, 6.45) is 4.69. The summed E-state index contributed by atoms with van der Waals surface area (Å²) in [6.45, 7) is 1.41. The Morgan fingerprint density at radius 3 is 2.67 bits per heavy atom. The van der Waals surface area contributed by atoms with Crippen molar-refractivity contribution in [3.8, 4) is 5.88 Å². The molecule has 1 atom stereocenters. The van der Waals surface area contributed by atoms with Crippen molar-refractivity contribution in [2.45, 2.75) is 25.3 Å². The number of amides is 1. The number of pyridine rings is 1. The third-order valence-electron chi connectivity index (χ3n) is 4.66. The number of ether oxygens (including phenoxy) is 1. The van der Waals surface area contributed by atoms with Crippen molar-refractivity contribution < 1.29 is 9.53 Å². The first-order chi connectivity index (χ1) is 13.1. The number of carbonyl (C=O) groups is 1. The topological polar surface area (TPSA) is 83.5 Å². The zero-order chi connectivity index (χ0) is 19.2. The average molecular weight is 370 g/mol. The quantitative estimate of drug-likeness (QED) is 0.862. The highest BCUT2D eigenvalue weighted by atomic mass is 16.5. The maximum absolute atomic E-state index is 12.7. The number of nitrogens with one attached hydrogen (secondary N) is 1. The van der Waals surface area contributed by atoms with E-state index in [1.165, 1.54) is 7.11 Å². The molecule has 2 aromatic rings. The number of likely N-dealkylation sites (tertiary alicyclic amines) is 1. The van der Waals surface area contributed by atoms with Gasteiger partial charge in [0.1, 0.15) is 5.82 Å². The van der Waals surface area contributed by atoms with E-state index in [0.717, 1.165) is 37.3 Å². The van der Waals surface area contributed by atoms with Crippen molar-refractivity contribution in [1.82, 2.24) is 20.1 Å². The molecule has 1 aliphatic heterocycles. The summed E-state index contributed by atoms with van der Waals surface area (Å²) in [4.78, 5) is 20.9. The van der Waals surface area contributed by atoms with Gasteiger partial charge in [-0.1, -0.05) is 0 Å². The number of hydrogen-bond donors (Lipinski definition) is 1. The number of hydrogen-bond acceptors (Lipinski definition) is 7. The highest BCUT2D eigenvalue weighted by Crippen LogP contribution is 2.19. The number of carbonyl (C=O) groups excluding carboxylic acids is 1. The van der Waals surface area contributed by atoms with Crippen LogP contribution in [-0.2, 0) is 0 Å². The molecule has 0 saturated carbocycles. The van der Waals surface area contributed by atoms with Crippen LogP contribution in [0.2, 0.25) is 0 Å². The van der Waals surface area contributed by atoms with Gasteiger partial charge in [0.15, 0.2) is 5.69 Å². The Morgan fingerprint density at radius 2 is 2.04 bits per heavy atom. The van der Waals surface area contributed by atoms with Gasteiger partial charge in [-0.15, -0.1) is 10.2 Å². The van der Waals surface area contributed by atoms with Crippen LogP contribution >= 0.6 is 0 Å². The Hall–Kier alpha value is -2.90. The van der Waals surface area contributed by atoms with E-state index >= 15 is 0 Å². The lowest BCUT2D eigenvalue weighted by Gasteiger charge is -2.21. The molecule has 0 aromatic carbocycles. The molecule has 1 amide bonds. The van der Waals surface area contributed by atoms with Crippen LogP contribution in [0.3, 0.4) is 0 Å². The van der Waals surface area contributed by atoms with Gasteiger partial charge in [0.05, 0.1) is 19.0 Å². The van der Waals surface area contributed by atoms with Gasteiger partial charge < -0.3 is 19.9 Å². The third-order valence-corrected chi connectivity index (χ3v) is 4.66. The molecule has 0 aliphatic carbocycles. The molecule has 2 aromatic heterocycles. The lowest BCUT2D eigenvalue weighted by molar-refractivity contribution is 0.0754. The van der Waals surface area contributed by atoms with Gasteiger partial charge in [-0.05, 0) is 37.5 Å². The Labute approximate surface area is 159 Å². The van der Waals surface area contributed by atoms with E-state index in [1.54, 1.807) is 12.1 Å². The Balaban J connectivity index is 1.57. The fourth-order valence-electron chi connectivity index (χ4n) is 3.12. The van der Waals surface area contributed by atoms with Crippen molar-refractivity contribution in [2.75, 3.05) is 44.5 Å². The first kappa shape index (κ1) is 18.9.